The number of nitrogens with one attached hydrogen (secondary N) is 3. The summed E-state index contributed by atoms with van der Waals surface area (Å²) < 4.78 is 5.35. The highest BCUT2D eigenvalue weighted by Crippen LogP contribution is 1.98. The van der Waals surface area contributed by atoms with E-state index in [-0.39, 0.29) is 11.9 Å². The van der Waals surface area contributed by atoms with Crippen LogP contribution in [0.3, 0.4) is 0 Å². The molecule has 1 amide bonds. The van der Waals surface area contributed by atoms with Crippen molar-refractivity contribution in [2.24, 2.45) is 4.99 Å². The Morgan fingerprint density at radius 1 is 1.25 bits per heavy atom. The zero-order chi connectivity index (χ0) is 17.6. The summed E-state index contributed by atoms with van der Waals surface area (Å²) in [6.45, 7) is 13.1. The van der Waals surface area contributed by atoms with Crippen LogP contribution in [0.2, 0.25) is 0 Å². The van der Waals surface area contributed by atoms with Gasteiger partial charge in [-0.25, -0.2) is 0 Å². The van der Waals surface area contributed by atoms with Crippen molar-refractivity contribution in [3.8, 4) is 0 Å². The molecule has 1 fully saturated rings. The summed E-state index contributed by atoms with van der Waals surface area (Å²) >= 11 is 0. The molecule has 0 aliphatic carbocycles. The van der Waals surface area contributed by atoms with Crippen LogP contribution in [0, 0.1) is 0 Å². The van der Waals surface area contributed by atoms with Crippen LogP contribution < -0.4 is 16.0 Å². The van der Waals surface area contributed by atoms with Crippen molar-refractivity contribution in [1.82, 2.24) is 20.9 Å². The van der Waals surface area contributed by atoms with Crippen molar-refractivity contribution >= 4 is 11.9 Å². The first-order chi connectivity index (χ1) is 11.7. The number of morpholine rings is 1. The topological polar surface area (TPSA) is 78.0 Å². The predicted molar refractivity (Wildman–Crippen MR) is 98.4 cm³/mol. The Morgan fingerprint density at radius 3 is 2.67 bits per heavy atom. The van der Waals surface area contributed by atoms with Gasteiger partial charge in [-0.2, -0.15) is 0 Å². The smallest absolute Gasteiger partial charge is 0.221 e. The second-order valence-corrected chi connectivity index (χ2v) is 6.12. The maximum atomic E-state index is 11.8. The van der Waals surface area contributed by atoms with Gasteiger partial charge in [0.25, 0.3) is 0 Å². The van der Waals surface area contributed by atoms with Gasteiger partial charge in [0.05, 0.1) is 13.2 Å². The molecule has 0 bridgehead atoms. The number of amides is 1. The fourth-order valence-corrected chi connectivity index (χ4v) is 2.40. The summed E-state index contributed by atoms with van der Waals surface area (Å²) in [4.78, 5) is 18.8. The Kier molecular flexibility index (Phi) is 11.2. The second kappa shape index (κ2) is 13.0. The minimum absolute atomic E-state index is 0.0833. The lowest BCUT2D eigenvalue weighted by molar-refractivity contribution is -0.121. The van der Waals surface area contributed by atoms with Gasteiger partial charge in [0, 0.05) is 51.7 Å². The van der Waals surface area contributed by atoms with E-state index in [4.69, 9.17) is 4.74 Å². The van der Waals surface area contributed by atoms with Gasteiger partial charge < -0.3 is 20.7 Å². The lowest BCUT2D eigenvalue weighted by atomic mass is 10.2. The number of carbonyl (C=O) groups excluding carboxylic acids is 1. The fraction of sp³-hybridized carbons (Fsp3) is 0.882. The number of rotatable bonds is 10. The summed E-state index contributed by atoms with van der Waals surface area (Å²) in [5.41, 5.74) is 0. The Balaban J connectivity index is 2.20. The molecule has 0 spiro atoms. The first kappa shape index (κ1) is 20.7. The number of carbonyl (C=O) groups is 1. The van der Waals surface area contributed by atoms with Crippen LogP contribution >= 0.6 is 0 Å². The molecule has 1 saturated heterocycles. The molecule has 24 heavy (non-hydrogen) atoms. The van der Waals surface area contributed by atoms with Crippen molar-refractivity contribution in [2.45, 2.75) is 46.1 Å². The van der Waals surface area contributed by atoms with Crippen molar-refractivity contribution in [2.75, 3.05) is 52.5 Å². The number of aliphatic imine (C=N–C) groups is 1. The number of nitrogens with zero attached hydrogens (tertiary/aromatic N) is 2. The molecule has 0 aromatic heterocycles. The number of hydrogen-bond acceptors (Lipinski definition) is 4. The van der Waals surface area contributed by atoms with Crippen molar-refractivity contribution < 1.29 is 9.53 Å². The van der Waals surface area contributed by atoms with Crippen LogP contribution in [0.15, 0.2) is 4.99 Å². The van der Waals surface area contributed by atoms with E-state index in [1.807, 2.05) is 13.8 Å². The SMILES string of the molecule is CCNC(=NCCCN1CCOCC1)NCCC(=O)NC(C)CC. The highest BCUT2D eigenvalue weighted by molar-refractivity contribution is 5.81. The Labute approximate surface area is 146 Å². The summed E-state index contributed by atoms with van der Waals surface area (Å²) in [7, 11) is 0. The minimum Gasteiger partial charge on any atom is -0.379 e. The largest absolute Gasteiger partial charge is 0.379 e. The first-order valence-electron chi connectivity index (χ1n) is 9.27. The lowest BCUT2D eigenvalue weighted by Crippen LogP contribution is -2.40. The Morgan fingerprint density at radius 2 is 2.00 bits per heavy atom. The van der Waals surface area contributed by atoms with Gasteiger partial charge in [-0.15, -0.1) is 0 Å². The molecular weight excluding hydrogens is 306 g/mol. The molecule has 0 aromatic carbocycles. The highest BCUT2D eigenvalue weighted by Gasteiger charge is 2.09. The van der Waals surface area contributed by atoms with Crippen LogP contribution in [0.1, 0.15) is 40.0 Å². The molecule has 0 radical (unpaired) electrons. The summed E-state index contributed by atoms with van der Waals surface area (Å²) in [5.74, 6) is 0.871. The number of hydrogen-bond donors (Lipinski definition) is 3. The van der Waals surface area contributed by atoms with Crippen LogP contribution in [0.25, 0.3) is 0 Å². The molecule has 1 aliphatic rings. The standard InChI is InChI=1S/C17H35N5O2/c1-4-15(3)21-16(23)7-9-20-17(18-5-2)19-8-6-10-22-11-13-24-14-12-22/h15H,4-14H2,1-3H3,(H,21,23)(H2,18,19,20). The zero-order valence-electron chi connectivity index (χ0n) is 15.6. The van der Waals surface area contributed by atoms with E-state index in [0.717, 1.165) is 64.7 Å². The van der Waals surface area contributed by atoms with E-state index in [9.17, 15) is 4.79 Å². The lowest BCUT2D eigenvalue weighted by Gasteiger charge is -2.26. The average molecular weight is 342 g/mol. The van der Waals surface area contributed by atoms with Gasteiger partial charge in [-0.05, 0) is 26.7 Å². The maximum Gasteiger partial charge on any atom is 0.221 e. The molecule has 3 N–H and O–H groups in total. The third-order valence-corrected chi connectivity index (χ3v) is 4.01. The first-order valence-corrected chi connectivity index (χ1v) is 9.27. The second-order valence-electron chi connectivity index (χ2n) is 6.12. The Hall–Kier alpha value is -1.34. The van der Waals surface area contributed by atoms with E-state index in [1.54, 1.807) is 0 Å². The monoisotopic (exact) mass is 341 g/mol. The third kappa shape index (κ3) is 9.72. The van der Waals surface area contributed by atoms with E-state index >= 15 is 0 Å². The van der Waals surface area contributed by atoms with Crippen LogP contribution in [-0.2, 0) is 9.53 Å². The molecule has 7 heteroatoms. The molecule has 0 aromatic rings. The van der Waals surface area contributed by atoms with E-state index in [1.165, 1.54) is 0 Å². The molecule has 1 unspecified atom stereocenters. The Bertz CT molecular complexity index is 370. The number of ether oxygens (including phenoxy) is 1. The fourth-order valence-electron chi connectivity index (χ4n) is 2.40. The molecule has 1 atom stereocenters. The van der Waals surface area contributed by atoms with Gasteiger partial charge >= 0.3 is 0 Å². The van der Waals surface area contributed by atoms with Crippen LogP contribution in [0.4, 0.5) is 0 Å². The molecular formula is C17H35N5O2. The molecule has 7 nitrogen and oxygen atoms in total. The summed E-state index contributed by atoms with van der Waals surface area (Å²) in [6.07, 6.45) is 2.44. The zero-order valence-corrected chi connectivity index (χ0v) is 15.6. The normalized spacial score (nSPS) is 17.4. The highest BCUT2D eigenvalue weighted by atomic mass is 16.5. The maximum absolute atomic E-state index is 11.8. The third-order valence-electron chi connectivity index (χ3n) is 4.01. The van der Waals surface area contributed by atoms with Gasteiger partial charge in [0.2, 0.25) is 5.91 Å². The van der Waals surface area contributed by atoms with Gasteiger partial charge in [-0.3, -0.25) is 14.7 Å². The molecule has 1 rings (SSSR count). The quantitative estimate of drug-likeness (QED) is 0.308. The van der Waals surface area contributed by atoms with Crippen LogP contribution in [-0.4, -0.2) is 75.3 Å². The molecule has 140 valence electrons. The van der Waals surface area contributed by atoms with E-state index < -0.39 is 0 Å². The average Bonchev–Trinajstić information content (AvgIpc) is 2.59. The predicted octanol–water partition coefficient (Wildman–Crippen LogP) is 0.569. The van der Waals surface area contributed by atoms with Crippen molar-refractivity contribution in [1.29, 1.82) is 0 Å². The van der Waals surface area contributed by atoms with Gasteiger partial charge in [-0.1, -0.05) is 6.92 Å². The summed E-state index contributed by atoms with van der Waals surface area (Å²) in [5, 5.41) is 9.42. The molecule has 0 saturated carbocycles. The van der Waals surface area contributed by atoms with E-state index in [2.05, 4.69) is 32.8 Å². The van der Waals surface area contributed by atoms with Crippen molar-refractivity contribution in [3.05, 3.63) is 0 Å². The van der Waals surface area contributed by atoms with Gasteiger partial charge in [0.15, 0.2) is 5.96 Å². The molecule has 1 aliphatic heterocycles. The summed E-state index contributed by atoms with van der Waals surface area (Å²) in [6, 6.07) is 0.236. The van der Waals surface area contributed by atoms with Gasteiger partial charge in [0.1, 0.15) is 0 Å². The number of guanidine groups is 1. The van der Waals surface area contributed by atoms with Crippen molar-refractivity contribution in [3.63, 3.8) is 0 Å². The minimum atomic E-state index is 0.0833. The van der Waals surface area contributed by atoms with E-state index in [0.29, 0.717) is 13.0 Å². The van der Waals surface area contributed by atoms with Crippen LogP contribution in [0.5, 0.6) is 0 Å². The molecule has 1 heterocycles.